The molecule has 1 aromatic carbocycles. The number of nitrogens with zero attached hydrogens (tertiary/aromatic N) is 4. The highest BCUT2D eigenvalue weighted by Crippen LogP contribution is 2.43. The van der Waals surface area contributed by atoms with Crippen LogP contribution in [0, 0.1) is 0 Å². The summed E-state index contributed by atoms with van der Waals surface area (Å²) in [5.41, 5.74) is 2.46. The van der Waals surface area contributed by atoms with Gasteiger partial charge in [-0.3, -0.25) is 9.78 Å². The number of ether oxygens (including phenoxy) is 5. The van der Waals surface area contributed by atoms with Gasteiger partial charge in [0.1, 0.15) is 24.0 Å². The zero-order valence-corrected chi connectivity index (χ0v) is 20.5. The minimum atomic E-state index is -0.813. The highest BCUT2D eigenvalue weighted by atomic mass is 16.8. The second kappa shape index (κ2) is 10.4. The quantitative estimate of drug-likeness (QED) is 0.414. The molecular formula is C26H30N4O6. The Morgan fingerprint density at radius 2 is 2.00 bits per heavy atom. The van der Waals surface area contributed by atoms with E-state index < -0.39 is 36.4 Å². The predicted octanol–water partition coefficient (Wildman–Crippen LogP) is 3.30. The molecular weight excluding hydrogens is 464 g/mol. The molecule has 2 aromatic heterocycles. The maximum Gasteiger partial charge on any atom is 0.308 e. The van der Waals surface area contributed by atoms with E-state index in [2.05, 4.69) is 15.3 Å². The Labute approximate surface area is 209 Å². The fourth-order valence-corrected chi connectivity index (χ4v) is 4.61. The summed E-state index contributed by atoms with van der Waals surface area (Å²) in [6.45, 7) is 6.07. The largest absolute Gasteiger partial charge is 0.466 e. The molecule has 0 aliphatic carbocycles. The van der Waals surface area contributed by atoms with Crippen molar-refractivity contribution < 1.29 is 28.5 Å². The van der Waals surface area contributed by atoms with Crippen LogP contribution in [0.2, 0.25) is 0 Å². The van der Waals surface area contributed by atoms with Gasteiger partial charge in [0.15, 0.2) is 12.1 Å². The molecule has 2 aliphatic rings. The number of rotatable bonds is 9. The van der Waals surface area contributed by atoms with E-state index in [1.165, 1.54) is 0 Å². The van der Waals surface area contributed by atoms with Crippen LogP contribution in [0.5, 0.6) is 0 Å². The lowest BCUT2D eigenvalue weighted by Crippen LogP contribution is -2.42. The molecule has 0 saturated carbocycles. The molecule has 0 amide bonds. The average molecular weight is 495 g/mol. The first-order valence-electron chi connectivity index (χ1n) is 12.1. The van der Waals surface area contributed by atoms with E-state index in [9.17, 15) is 4.79 Å². The Morgan fingerprint density at radius 3 is 2.75 bits per heavy atom. The summed E-state index contributed by atoms with van der Waals surface area (Å²) in [6.07, 6.45) is 2.95. The summed E-state index contributed by atoms with van der Waals surface area (Å²) in [7, 11) is 0. The molecule has 0 radical (unpaired) electrons. The highest BCUT2D eigenvalue weighted by molar-refractivity contribution is 5.70. The number of pyridine rings is 1. The van der Waals surface area contributed by atoms with Gasteiger partial charge in [0.05, 0.1) is 31.9 Å². The number of carbonyl (C=O) groups is 1. The molecule has 5 rings (SSSR count). The lowest BCUT2D eigenvalue weighted by molar-refractivity contribution is -0.225. The monoisotopic (exact) mass is 494 g/mol. The number of hydrogen-bond acceptors (Lipinski definition) is 9. The average Bonchev–Trinajstić information content (AvgIpc) is 3.55. The van der Waals surface area contributed by atoms with E-state index in [1.54, 1.807) is 30.2 Å². The zero-order valence-electron chi connectivity index (χ0n) is 20.5. The molecule has 2 aliphatic heterocycles. The van der Waals surface area contributed by atoms with Crippen LogP contribution < -0.4 is 0 Å². The van der Waals surface area contributed by atoms with Gasteiger partial charge in [-0.2, -0.15) is 0 Å². The van der Waals surface area contributed by atoms with Crippen molar-refractivity contribution in [2.45, 2.75) is 70.2 Å². The summed E-state index contributed by atoms with van der Waals surface area (Å²) in [4.78, 5) is 16.8. The topological polar surface area (TPSA) is 107 Å². The van der Waals surface area contributed by atoms with Crippen molar-refractivity contribution in [3.8, 4) is 11.3 Å². The van der Waals surface area contributed by atoms with Gasteiger partial charge in [-0.25, -0.2) is 4.68 Å². The third-order valence-corrected chi connectivity index (χ3v) is 6.18. The minimum Gasteiger partial charge on any atom is -0.466 e. The van der Waals surface area contributed by atoms with Gasteiger partial charge >= 0.3 is 5.97 Å². The van der Waals surface area contributed by atoms with Crippen LogP contribution in [0.4, 0.5) is 0 Å². The number of fused-ring (bicyclic) bond motifs is 1. The van der Waals surface area contributed by atoms with Crippen molar-refractivity contribution in [2.75, 3.05) is 6.61 Å². The summed E-state index contributed by atoms with van der Waals surface area (Å²) in [6, 6.07) is 13.0. The molecule has 2 saturated heterocycles. The van der Waals surface area contributed by atoms with Crippen LogP contribution in [0.25, 0.3) is 11.3 Å². The highest BCUT2D eigenvalue weighted by Gasteiger charge is 2.57. The van der Waals surface area contributed by atoms with E-state index in [1.807, 2.05) is 56.3 Å². The minimum absolute atomic E-state index is 0.0162. The second-order valence-electron chi connectivity index (χ2n) is 9.23. The van der Waals surface area contributed by atoms with Gasteiger partial charge in [0.2, 0.25) is 0 Å². The molecule has 190 valence electrons. The van der Waals surface area contributed by atoms with Gasteiger partial charge in [0.25, 0.3) is 0 Å². The molecule has 0 bridgehead atoms. The summed E-state index contributed by atoms with van der Waals surface area (Å²) in [5, 5.41) is 8.65. The van der Waals surface area contributed by atoms with Crippen LogP contribution in [-0.4, -0.2) is 62.9 Å². The van der Waals surface area contributed by atoms with E-state index in [-0.39, 0.29) is 19.0 Å². The maximum atomic E-state index is 12.6. The molecule has 10 heteroatoms. The van der Waals surface area contributed by atoms with Gasteiger partial charge in [-0.1, -0.05) is 35.5 Å². The van der Waals surface area contributed by atoms with Crippen LogP contribution in [0.1, 0.15) is 38.8 Å². The van der Waals surface area contributed by atoms with E-state index in [0.29, 0.717) is 12.3 Å². The Balaban J connectivity index is 1.45. The molecule has 5 atom stereocenters. The zero-order chi connectivity index (χ0) is 25.1. The number of hydrogen-bond donors (Lipinski definition) is 0. The Kier molecular flexibility index (Phi) is 7.10. The number of benzene rings is 1. The molecule has 0 N–H and O–H groups in total. The standard InChI is InChI=1S/C26H30N4O6/c1-4-32-21(31)13-20(30-15-19(28-29-30)18-11-8-12-27-14-18)22-23(33-16-17-9-6-5-7-10-17)24-25(34-22)36-26(2,3)35-24/h5-12,14-15,20,22-25H,4,13,16H2,1-3H3/t20?,22?,23-,24+,25+/m0/s1. The van der Waals surface area contributed by atoms with Gasteiger partial charge in [0, 0.05) is 18.0 Å². The number of esters is 1. The molecule has 2 unspecified atom stereocenters. The van der Waals surface area contributed by atoms with Crippen molar-refractivity contribution in [1.29, 1.82) is 0 Å². The van der Waals surface area contributed by atoms with Crippen LogP contribution in [-0.2, 0) is 35.1 Å². The first kappa shape index (κ1) is 24.5. The van der Waals surface area contributed by atoms with Crippen molar-refractivity contribution >= 4 is 5.97 Å². The molecule has 10 nitrogen and oxygen atoms in total. The van der Waals surface area contributed by atoms with Crippen LogP contribution in [0.3, 0.4) is 0 Å². The van der Waals surface area contributed by atoms with Crippen molar-refractivity contribution in [1.82, 2.24) is 20.0 Å². The fourth-order valence-electron chi connectivity index (χ4n) is 4.61. The van der Waals surface area contributed by atoms with Crippen molar-refractivity contribution in [2.24, 2.45) is 0 Å². The molecule has 4 heterocycles. The predicted molar refractivity (Wildman–Crippen MR) is 127 cm³/mol. The lowest BCUT2D eigenvalue weighted by atomic mass is 10.0. The smallest absolute Gasteiger partial charge is 0.308 e. The van der Waals surface area contributed by atoms with E-state index >= 15 is 0 Å². The molecule has 3 aromatic rings. The van der Waals surface area contributed by atoms with Crippen molar-refractivity contribution in [3.05, 3.63) is 66.6 Å². The SMILES string of the molecule is CCOC(=O)CC(C1O[C@@H]2OC(C)(C)O[C@@H]2[C@H]1OCc1ccccc1)n1cc(-c2cccnc2)nn1. The Hall–Kier alpha value is -3.18. The van der Waals surface area contributed by atoms with Crippen LogP contribution in [0.15, 0.2) is 61.1 Å². The molecule has 36 heavy (non-hydrogen) atoms. The van der Waals surface area contributed by atoms with E-state index in [4.69, 9.17) is 23.7 Å². The van der Waals surface area contributed by atoms with E-state index in [0.717, 1.165) is 11.1 Å². The third kappa shape index (κ3) is 5.31. The number of aromatic nitrogens is 4. The summed E-state index contributed by atoms with van der Waals surface area (Å²) in [5.74, 6) is -1.18. The van der Waals surface area contributed by atoms with Gasteiger partial charge < -0.3 is 23.7 Å². The maximum absolute atomic E-state index is 12.6. The summed E-state index contributed by atoms with van der Waals surface area (Å²) >= 11 is 0. The lowest BCUT2D eigenvalue weighted by Gasteiger charge is -2.30. The second-order valence-corrected chi connectivity index (χ2v) is 9.23. The Morgan fingerprint density at radius 1 is 1.17 bits per heavy atom. The fraction of sp³-hybridized carbons (Fsp3) is 0.462. The number of carbonyl (C=O) groups excluding carboxylic acids is 1. The first-order valence-corrected chi connectivity index (χ1v) is 12.1. The van der Waals surface area contributed by atoms with Crippen LogP contribution >= 0.6 is 0 Å². The molecule has 2 fully saturated rings. The first-order chi connectivity index (χ1) is 17.4. The van der Waals surface area contributed by atoms with Gasteiger partial charge in [-0.15, -0.1) is 5.10 Å². The third-order valence-electron chi connectivity index (χ3n) is 6.18. The molecule has 0 spiro atoms. The van der Waals surface area contributed by atoms with Crippen molar-refractivity contribution in [3.63, 3.8) is 0 Å². The van der Waals surface area contributed by atoms with Gasteiger partial charge in [-0.05, 0) is 38.5 Å². The normalized spacial score (nSPS) is 25.4. The summed E-state index contributed by atoms with van der Waals surface area (Å²) < 4.78 is 31.8. The Bertz CT molecular complexity index is 1160.